The van der Waals surface area contributed by atoms with Gasteiger partial charge in [-0.25, -0.2) is 4.79 Å². The highest BCUT2D eigenvalue weighted by molar-refractivity contribution is 5.91. The normalized spacial score (nSPS) is 19.5. The summed E-state index contributed by atoms with van der Waals surface area (Å²) >= 11 is 0. The molecule has 1 aliphatic carbocycles. The van der Waals surface area contributed by atoms with E-state index in [1.54, 1.807) is 6.92 Å². The molecule has 4 N–H and O–H groups in total. The van der Waals surface area contributed by atoms with Crippen molar-refractivity contribution >= 4 is 17.8 Å². The highest BCUT2D eigenvalue weighted by atomic mass is 16.5. The molecule has 0 aliphatic heterocycles. The number of hydrogen-bond donors (Lipinski definition) is 3. The Hall–Kier alpha value is -1.63. The fourth-order valence-corrected chi connectivity index (χ4v) is 1.63. The second kappa shape index (κ2) is 5.34. The van der Waals surface area contributed by atoms with Crippen LogP contribution in [0.25, 0.3) is 0 Å². The Kier molecular flexibility index (Phi) is 4.28. The van der Waals surface area contributed by atoms with Gasteiger partial charge in [0.05, 0.1) is 19.1 Å². The second-order valence-electron chi connectivity index (χ2n) is 4.70. The van der Waals surface area contributed by atoms with Crippen molar-refractivity contribution in [3.8, 4) is 0 Å². The van der Waals surface area contributed by atoms with Crippen LogP contribution in [0.15, 0.2) is 0 Å². The molecular weight excluding hydrogens is 240 g/mol. The molecule has 0 saturated heterocycles. The van der Waals surface area contributed by atoms with Crippen molar-refractivity contribution in [1.82, 2.24) is 5.32 Å². The first-order valence-electron chi connectivity index (χ1n) is 5.68. The number of hydrogen-bond acceptors (Lipinski definition) is 5. The van der Waals surface area contributed by atoms with Crippen LogP contribution in [0, 0.1) is 5.92 Å². The Labute approximate surface area is 105 Å². The molecule has 0 heterocycles. The predicted molar refractivity (Wildman–Crippen MR) is 61.5 cm³/mol. The average Bonchev–Trinajstić information content (AvgIpc) is 3.11. The molecule has 18 heavy (non-hydrogen) atoms. The molecule has 1 fully saturated rings. The van der Waals surface area contributed by atoms with Crippen LogP contribution in [0.2, 0.25) is 0 Å². The molecular formula is C11H18N2O5. The number of nitrogens with one attached hydrogen (secondary N) is 1. The molecule has 0 aromatic heterocycles. The standard InChI is InChI=1S/C11H18N2O5/c1-11(12,6-3-4-6)10(17)13-7(9(15)16)5-8(14)18-2/h6-7H,3-5,12H2,1-2H3,(H,13,17)(H,15,16)/t7-,11?/m0/s1. The van der Waals surface area contributed by atoms with Crippen LogP contribution in [0.1, 0.15) is 26.2 Å². The molecule has 7 heteroatoms. The third-order valence-corrected chi connectivity index (χ3v) is 3.12. The predicted octanol–water partition coefficient (Wildman–Crippen LogP) is -0.754. The van der Waals surface area contributed by atoms with Crippen molar-refractivity contribution in [3.63, 3.8) is 0 Å². The van der Waals surface area contributed by atoms with Crippen LogP contribution in [0.4, 0.5) is 0 Å². The fraction of sp³-hybridized carbons (Fsp3) is 0.727. The molecule has 1 rings (SSSR count). The summed E-state index contributed by atoms with van der Waals surface area (Å²) in [6.45, 7) is 1.57. The monoisotopic (exact) mass is 258 g/mol. The number of carboxylic acids is 1. The first-order valence-corrected chi connectivity index (χ1v) is 5.68. The molecule has 1 amide bonds. The number of carbonyl (C=O) groups is 3. The first-order chi connectivity index (χ1) is 8.28. The average molecular weight is 258 g/mol. The van der Waals surface area contributed by atoms with Gasteiger partial charge < -0.3 is 20.9 Å². The number of nitrogens with two attached hydrogens (primary N) is 1. The quantitative estimate of drug-likeness (QED) is 0.539. The minimum atomic E-state index is -1.31. The van der Waals surface area contributed by atoms with E-state index in [0.29, 0.717) is 0 Å². The van der Waals surface area contributed by atoms with E-state index in [-0.39, 0.29) is 5.92 Å². The van der Waals surface area contributed by atoms with Gasteiger partial charge in [-0.2, -0.15) is 0 Å². The smallest absolute Gasteiger partial charge is 0.326 e. The van der Waals surface area contributed by atoms with Crippen LogP contribution >= 0.6 is 0 Å². The van der Waals surface area contributed by atoms with Crippen molar-refractivity contribution in [1.29, 1.82) is 0 Å². The maximum Gasteiger partial charge on any atom is 0.326 e. The van der Waals surface area contributed by atoms with Crippen LogP contribution in [-0.2, 0) is 19.1 Å². The largest absolute Gasteiger partial charge is 0.480 e. The Morgan fingerprint density at radius 3 is 2.44 bits per heavy atom. The van der Waals surface area contributed by atoms with E-state index in [1.807, 2.05) is 0 Å². The lowest BCUT2D eigenvalue weighted by Gasteiger charge is -2.25. The van der Waals surface area contributed by atoms with Crippen LogP contribution in [0.5, 0.6) is 0 Å². The maximum absolute atomic E-state index is 11.9. The number of aliphatic carboxylic acids is 1. The minimum absolute atomic E-state index is 0.0741. The van der Waals surface area contributed by atoms with Crippen molar-refractivity contribution in [3.05, 3.63) is 0 Å². The molecule has 0 aromatic carbocycles. The topological polar surface area (TPSA) is 119 Å². The number of esters is 1. The van der Waals surface area contributed by atoms with E-state index in [0.717, 1.165) is 20.0 Å². The highest BCUT2D eigenvalue weighted by Crippen LogP contribution is 2.38. The zero-order valence-electron chi connectivity index (χ0n) is 10.4. The van der Waals surface area contributed by atoms with Crippen LogP contribution in [0.3, 0.4) is 0 Å². The highest BCUT2D eigenvalue weighted by Gasteiger charge is 2.45. The molecule has 102 valence electrons. The number of ether oxygens (including phenoxy) is 1. The van der Waals surface area contributed by atoms with Crippen molar-refractivity contribution < 1.29 is 24.2 Å². The van der Waals surface area contributed by atoms with Crippen LogP contribution < -0.4 is 11.1 Å². The van der Waals surface area contributed by atoms with Gasteiger partial charge >= 0.3 is 11.9 Å². The van der Waals surface area contributed by atoms with Gasteiger partial charge in [-0.15, -0.1) is 0 Å². The molecule has 1 saturated carbocycles. The zero-order chi connectivity index (χ0) is 13.9. The summed E-state index contributed by atoms with van der Waals surface area (Å²) in [6, 6.07) is -1.31. The Morgan fingerprint density at radius 2 is 2.06 bits per heavy atom. The maximum atomic E-state index is 11.9. The van der Waals surface area contributed by atoms with E-state index in [4.69, 9.17) is 10.8 Å². The molecule has 0 bridgehead atoms. The molecule has 1 aliphatic rings. The van der Waals surface area contributed by atoms with E-state index < -0.39 is 35.8 Å². The van der Waals surface area contributed by atoms with Crippen molar-refractivity contribution in [2.75, 3.05) is 7.11 Å². The minimum Gasteiger partial charge on any atom is -0.480 e. The number of amides is 1. The SMILES string of the molecule is COC(=O)C[C@H](NC(=O)C(C)(N)C1CC1)C(=O)O. The van der Waals surface area contributed by atoms with E-state index in [2.05, 4.69) is 10.1 Å². The third-order valence-electron chi connectivity index (χ3n) is 3.12. The first kappa shape index (κ1) is 14.4. The molecule has 7 nitrogen and oxygen atoms in total. The Bertz CT molecular complexity index is 362. The lowest BCUT2D eigenvalue weighted by molar-refractivity contribution is -0.149. The number of carbonyl (C=O) groups excluding carboxylic acids is 2. The molecule has 0 aromatic rings. The lowest BCUT2D eigenvalue weighted by Crippen LogP contribution is -2.57. The zero-order valence-corrected chi connectivity index (χ0v) is 10.4. The van der Waals surface area contributed by atoms with Crippen molar-refractivity contribution in [2.45, 2.75) is 37.8 Å². The van der Waals surface area contributed by atoms with E-state index in [9.17, 15) is 14.4 Å². The van der Waals surface area contributed by atoms with Gasteiger partial charge in [-0.1, -0.05) is 0 Å². The van der Waals surface area contributed by atoms with Crippen molar-refractivity contribution in [2.24, 2.45) is 11.7 Å². The Balaban J connectivity index is 2.63. The molecule has 2 atom stereocenters. The van der Waals surface area contributed by atoms with Gasteiger partial charge in [0, 0.05) is 0 Å². The summed E-state index contributed by atoms with van der Waals surface area (Å²) in [5.74, 6) is -2.47. The molecule has 0 spiro atoms. The van der Waals surface area contributed by atoms with Gasteiger partial charge in [0.15, 0.2) is 0 Å². The number of carboxylic acid groups (broad SMARTS) is 1. The van der Waals surface area contributed by atoms with Gasteiger partial charge in [-0.05, 0) is 25.7 Å². The lowest BCUT2D eigenvalue weighted by atomic mass is 9.95. The summed E-state index contributed by atoms with van der Waals surface area (Å²) in [5, 5.41) is 11.2. The van der Waals surface area contributed by atoms with Gasteiger partial charge in [-0.3, -0.25) is 9.59 Å². The fourth-order valence-electron chi connectivity index (χ4n) is 1.63. The summed E-state index contributed by atoms with van der Waals surface area (Å²) in [4.78, 5) is 33.9. The summed E-state index contributed by atoms with van der Waals surface area (Å²) < 4.78 is 4.37. The number of rotatable bonds is 6. The molecule has 1 unspecified atom stereocenters. The van der Waals surface area contributed by atoms with Gasteiger partial charge in [0.1, 0.15) is 6.04 Å². The summed E-state index contributed by atoms with van der Waals surface area (Å²) in [6.07, 6.45) is 1.29. The van der Waals surface area contributed by atoms with E-state index in [1.165, 1.54) is 0 Å². The van der Waals surface area contributed by atoms with Gasteiger partial charge in [0.2, 0.25) is 5.91 Å². The molecule has 0 radical (unpaired) electrons. The van der Waals surface area contributed by atoms with Crippen LogP contribution in [-0.4, -0.2) is 41.6 Å². The van der Waals surface area contributed by atoms with Gasteiger partial charge in [0.25, 0.3) is 0 Å². The second-order valence-corrected chi connectivity index (χ2v) is 4.70. The van der Waals surface area contributed by atoms with E-state index >= 15 is 0 Å². The summed E-state index contributed by atoms with van der Waals surface area (Å²) in [5.41, 5.74) is 4.76. The summed E-state index contributed by atoms with van der Waals surface area (Å²) in [7, 11) is 1.15. The number of methoxy groups -OCH3 is 1. The Morgan fingerprint density at radius 1 is 1.50 bits per heavy atom. The third kappa shape index (κ3) is 3.43.